The highest BCUT2D eigenvalue weighted by Gasteiger charge is 2.37. The Morgan fingerprint density at radius 2 is 1.75 bits per heavy atom. The van der Waals surface area contributed by atoms with Crippen LogP contribution in [0.1, 0.15) is 17.5 Å². The average molecular weight is 296 g/mol. The minimum absolute atomic E-state index is 0.179. The van der Waals surface area contributed by atoms with Crippen LogP contribution in [-0.2, 0) is 17.1 Å². The van der Waals surface area contributed by atoms with Crippen LogP contribution in [0.2, 0.25) is 0 Å². The van der Waals surface area contributed by atoms with Crippen molar-refractivity contribution in [1.82, 2.24) is 0 Å². The van der Waals surface area contributed by atoms with Crippen LogP contribution >= 0.6 is 0 Å². The Bertz CT molecular complexity index is 556. The molecule has 1 aromatic rings. The van der Waals surface area contributed by atoms with E-state index in [-0.39, 0.29) is 18.2 Å². The lowest BCUT2D eigenvalue weighted by molar-refractivity contribution is -0.141. The first kappa shape index (κ1) is 15.8. The molecule has 0 aliphatic rings. The summed E-state index contributed by atoms with van der Waals surface area (Å²) in [6, 6.07) is 2.05. The van der Waals surface area contributed by atoms with Gasteiger partial charge in [0.15, 0.2) is 0 Å². The van der Waals surface area contributed by atoms with E-state index in [0.717, 1.165) is 0 Å². The Kier molecular flexibility index (Phi) is 4.27. The van der Waals surface area contributed by atoms with Gasteiger partial charge in [-0.2, -0.15) is 31.6 Å². The van der Waals surface area contributed by atoms with E-state index in [1.54, 1.807) is 5.32 Å². The molecule has 0 aliphatic carbocycles. The Hall–Kier alpha value is -2.24. The molecule has 1 N–H and O–H groups in total. The van der Waals surface area contributed by atoms with Crippen molar-refractivity contribution in [3.05, 3.63) is 29.3 Å². The van der Waals surface area contributed by atoms with E-state index in [9.17, 15) is 31.1 Å². The molecule has 9 heteroatoms. The topological polar surface area (TPSA) is 52.9 Å². The number of hydrogen-bond acceptors (Lipinski definition) is 2. The minimum atomic E-state index is -4.93. The molecule has 0 fully saturated rings. The lowest BCUT2D eigenvalue weighted by Gasteiger charge is -2.16. The summed E-state index contributed by atoms with van der Waals surface area (Å²) in [4.78, 5) is 11.1. The summed E-state index contributed by atoms with van der Waals surface area (Å²) in [5.41, 5.74) is -3.79. The number of nitrogens with zero attached hydrogens (tertiary/aromatic N) is 1. The van der Waals surface area contributed by atoms with Gasteiger partial charge < -0.3 is 5.32 Å². The lowest BCUT2D eigenvalue weighted by Crippen LogP contribution is -2.17. The van der Waals surface area contributed by atoms with Crippen molar-refractivity contribution in [1.29, 1.82) is 5.26 Å². The van der Waals surface area contributed by atoms with Gasteiger partial charge in [0.25, 0.3) is 0 Å². The number of hydrogen-bond donors (Lipinski definition) is 1. The van der Waals surface area contributed by atoms with Gasteiger partial charge in [-0.25, -0.2) is 0 Å². The Morgan fingerprint density at radius 1 is 1.15 bits per heavy atom. The first-order chi connectivity index (χ1) is 9.05. The summed E-state index contributed by atoms with van der Waals surface area (Å²) >= 11 is 0. The average Bonchev–Trinajstić information content (AvgIpc) is 2.26. The van der Waals surface area contributed by atoms with Crippen LogP contribution in [0.4, 0.5) is 32.0 Å². The molecule has 0 saturated heterocycles. The van der Waals surface area contributed by atoms with E-state index >= 15 is 0 Å². The summed E-state index contributed by atoms with van der Waals surface area (Å²) in [7, 11) is 0. The summed E-state index contributed by atoms with van der Waals surface area (Å²) in [6.07, 6.45) is -10.5. The number of carbonyl (C=O) groups excluding carboxylic acids is 1. The van der Waals surface area contributed by atoms with Gasteiger partial charge >= 0.3 is 12.4 Å². The number of anilines is 1. The number of benzene rings is 1. The Labute approximate surface area is 108 Å². The quantitative estimate of drug-likeness (QED) is 0.848. The second-order valence-electron chi connectivity index (χ2n) is 3.64. The third-order valence-corrected chi connectivity index (χ3v) is 2.17. The van der Waals surface area contributed by atoms with E-state index in [1.807, 2.05) is 0 Å². The third-order valence-electron chi connectivity index (χ3n) is 2.17. The number of nitrogens with one attached hydrogen (secondary N) is 1. The molecule has 0 aromatic heterocycles. The smallest absolute Gasteiger partial charge is 0.325 e. The monoisotopic (exact) mass is 296 g/mol. The van der Waals surface area contributed by atoms with Crippen LogP contribution < -0.4 is 5.32 Å². The van der Waals surface area contributed by atoms with Crippen LogP contribution in [0.5, 0.6) is 0 Å². The number of nitriles is 1. The maximum Gasteiger partial charge on any atom is 0.418 e. The zero-order valence-electron chi connectivity index (χ0n) is 9.56. The summed E-state index contributed by atoms with van der Waals surface area (Å²) in [6.45, 7) is 0. The number of rotatable bonds is 2. The van der Waals surface area contributed by atoms with Gasteiger partial charge in [-0.15, -0.1) is 0 Å². The van der Waals surface area contributed by atoms with Crippen molar-refractivity contribution in [3.8, 4) is 6.07 Å². The predicted octanol–water partition coefficient (Wildman–Crippen LogP) is 3.58. The fourth-order valence-corrected chi connectivity index (χ4v) is 1.34. The third kappa shape index (κ3) is 3.88. The summed E-state index contributed by atoms with van der Waals surface area (Å²) in [5.74, 6) is -1.13. The molecule has 108 valence electrons. The molecule has 0 heterocycles. The molecule has 3 nitrogen and oxygen atoms in total. The van der Waals surface area contributed by atoms with Crippen LogP contribution in [-0.4, -0.2) is 5.91 Å². The fourth-order valence-electron chi connectivity index (χ4n) is 1.34. The maximum atomic E-state index is 12.6. The van der Waals surface area contributed by atoms with E-state index in [2.05, 4.69) is 0 Å². The molecular weight excluding hydrogens is 290 g/mol. The zero-order valence-corrected chi connectivity index (χ0v) is 9.56. The molecular formula is C11H6F6N2O. The second kappa shape index (κ2) is 5.40. The maximum absolute atomic E-state index is 12.6. The van der Waals surface area contributed by atoms with E-state index in [1.165, 1.54) is 6.07 Å². The first-order valence-corrected chi connectivity index (χ1v) is 5.01. The lowest BCUT2D eigenvalue weighted by atomic mass is 10.1. The molecule has 1 rings (SSSR count). The SMILES string of the molecule is N#CCC(=O)Nc1cc(C(F)(F)F)ccc1C(F)(F)F. The second-order valence-corrected chi connectivity index (χ2v) is 3.64. The largest absolute Gasteiger partial charge is 0.418 e. The molecule has 1 amide bonds. The summed E-state index contributed by atoms with van der Waals surface area (Å²) in [5, 5.41) is 9.86. The number of alkyl halides is 6. The Balaban J connectivity index is 3.28. The van der Waals surface area contributed by atoms with Crippen molar-refractivity contribution in [2.75, 3.05) is 5.32 Å². The van der Waals surface area contributed by atoms with Gasteiger partial charge in [0.2, 0.25) is 5.91 Å². The number of amides is 1. The van der Waals surface area contributed by atoms with Gasteiger partial charge in [-0.1, -0.05) is 0 Å². The van der Waals surface area contributed by atoms with Crippen molar-refractivity contribution in [2.24, 2.45) is 0 Å². The van der Waals surface area contributed by atoms with Crippen molar-refractivity contribution >= 4 is 11.6 Å². The van der Waals surface area contributed by atoms with E-state index in [4.69, 9.17) is 5.26 Å². The van der Waals surface area contributed by atoms with Crippen molar-refractivity contribution in [2.45, 2.75) is 18.8 Å². The highest BCUT2D eigenvalue weighted by Crippen LogP contribution is 2.38. The molecule has 0 radical (unpaired) electrons. The molecule has 0 unspecified atom stereocenters. The molecule has 0 atom stereocenters. The van der Waals surface area contributed by atoms with Gasteiger partial charge in [0.05, 0.1) is 22.9 Å². The predicted molar refractivity (Wildman–Crippen MR) is 55.3 cm³/mol. The number of carbonyl (C=O) groups is 1. The van der Waals surface area contributed by atoms with E-state index < -0.39 is 41.5 Å². The summed E-state index contributed by atoms with van der Waals surface area (Å²) < 4.78 is 75.2. The highest BCUT2D eigenvalue weighted by molar-refractivity contribution is 5.93. The Morgan fingerprint density at radius 3 is 2.20 bits per heavy atom. The van der Waals surface area contributed by atoms with Crippen molar-refractivity contribution < 1.29 is 31.1 Å². The number of halogens is 6. The normalized spacial score (nSPS) is 11.8. The first-order valence-electron chi connectivity index (χ1n) is 5.01. The minimum Gasteiger partial charge on any atom is -0.325 e. The molecule has 0 spiro atoms. The van der Waals surface area contributed by atoms with Gasteiger partial charge in [0, 0.05) is 0 Å². The standard InChI is InChI=1S/C11H6F6N2O/c12-10(13,14)6-1-2-7(11(15,16)17)8(5-6)19-9(20)3-4-18/h1-2,5H,3H2,(H,19,20). The van der Waals surface area contributed by atoms with Crippen LogP contribution in [0, 0.1) is 11.3 Å². The molecule has 0 aliphatic heterocycles. The van der Waals surface area contributed by atoms with Crippen molar-refractivity contribution in [3.63, 3.8) is 0 Å². The zero-order chi connectivity index (χ0) is 15.6. The van der Waals surface area contributed by atoms with Crippen LogP contribution in [0.25, 0.3) is 0 Å². The molecule has 1 aromatic carbocycles. The van der Waals surface area contributed by atoms with Crippen LogP contribution in [0.3, 0.4) is 0 Å². The molecule has 0 bridgehead atoms. The molecule has 20 heavy (non-hydrogen) atoms. The van der Waals surface area contributed by atoms with Gasteiger partial charge in [-0.05, 0) is 18.2 Å². The fraction of sp³-hybridized carbons (Fsp3) is 0.273. The van der Waals surface area contributed by atoms with E-state index in [0.29, 0.717) is 0 Å². The highest BCUT2D eigenvalue weighted by atomic mass is 19.4. The van der Waals surface area contributed by atoms with Gasteiger partial charge in [0.1, 0.15) is 6.42 Å². The van der Waals surface area contributed by atoms with Gasteiger partial charge in [-0.3, -0.25) is 4.79 Å². The molecule has 0 saturated carbocycles. The van der Waals surface area contributed by atoms with Crippen LogP contribution in [0.15, 0.2) is 18.2 Å².